The normalized spacial score (nSPS) is 19.7. The molecule has 3 atom stereocenters. The van der Waals surface area contributed by atoms with E-state index in [1.165, 1.54) is 32.1 Å². The van der Waals surface area contributed by atoms with Gasteiger partial charge in [-0.1, -0.05) is 39.0 Å². The highest BCUT2D eigenvalue weighted by Gasteiger charge is 2.23. The Morgan fingerprint density at radius 1 is 1.17 bits per heavy atom. The molecule has 1 aliphatic carbocycles. The first-order chi connectivity index (χ1) is 11.6. The van der Waals surface area contributed by atoms with Crippen LogP contribution in [-0.2, 0) is 19.0 Å². The third-order valence-corrected chi connectivity index (χ3v) is 5.12. The fraction of sp³-hybridized carbons (Fsp3) is 0.947. The third-order valence-electron chi connectivity index (χ3n) is 5.12. The molecular formula is C19H37NO4. The Balaban J connectivity index is 2.54. The van der Waals surface area contributed by atoms with Crippen LogP contribution in [0.3, 0.4) is 0 Å². The number of hydrogen-bond donors (Lipinski definition) is 1. The third kappa shape index (κ3) is 8.45. The molecule has 0 aromatic carbocycles. The number of rotatable bonds is 12. The highest BCUT2D eigenvalue weighted by atomic mass is 16.7. The van der Waals surface area contributed by atoms with Crippen molar-refractivity contribution in [1.29, 1.82) is 0 Å². The van der Waals surface area contributed by atoms with E-state index in [9.17, 15) is 4.79 Å². The van der Waals surface area contributed by atoms with Gasteiger partial charge >= 0.3 is 0 Å². The Bertz CT molecular complexity index is 331. The maximum atomic E-state index is 11.9. The lowest BCUT2D eigenvalue weighted by molar-refractivity contribution is -0.123. The van der Waals surface area contributed by atoms with E-state index < -0.39 is 0 Å². The van der Waals surface area contributed by atoms with Crippen LogP contribution in [0.4, 0.5) is 0 Å². The van der Waals surface area contributed by atoms with Gasteiger partial charge in [0.25, 0.3) is 0 Å². The molecule has 5 heteroatoms. The molecule has 0 aliphatic heterocycles. The van der Waals surface area contributed by atoms with E-state index in [2.05, 4.69) is 5.32 Å². The van der Waals surface area contributed by atoms with Gasteiger partial charge in [0.15, 0.2) is 0 Å². The van der Waals surface area contributed by atoms with Gasteiger partial charge in [-0.15, -0.1) is 0 Å². The maximum absolute atomic E-state index is 11.9. The van der Waals surface area contributed by atoms with Crippen LogP contribution in [0.1, 0.15) is 71.6 Å². The zero-order valence-corrected chi connectivity index (χ0v) is 16.0. The van der Waals surface area contributed by atoms with Gasteiger partial charge in [-0.25, -0.2) is 0 Å². The van der Waals surface area contributed by atoms with Crippen LogP contribution in [0.15, 0.2) is 0 Å². The van der Waals surface area contributed by atoms with E-state index in [0.29, 0.717) is 6.42 Å². The number of amides is 1. The molecular weight excluding hydrogens is 306 g/mol. The van der Waals surface area contributed by atoms with E-state index in [0.717, 1.165) is 25.2 Å². The second kappa shape index (κ2) is 12.7. The Morgan fingerprint density at radius 2 is 1.88 bits per heavy atom. The largest absolute Gasteiger partial charge is 0.379 e. The first-order valence-corrected chi connectivity index (χ1v) is 9.53. The van der Waals surface area contributed by atoms with Gasteiger partial charge in [-0.3, -0.25) is 4.79 Å². The molecule has 0 aromatic rings. The summed E-state index contributed by atoms with van der Waals surface area (Å²) in [5.74, 6) is 0.893. The van der Waals surface area contributed by atoms with Crippen molar-refractivity contribution in [2.45, 2.75) is 89.9 Å². The second-order valence-corrected chi connectivity index (χ2v) is 6.99. The molecule has 1 saturated carbocycles. The lowest BCUT2D eigenvalue weighted by atomic mass is 9.83. The molecule has 5 nitrogen and oxygen atoms in total. The summed E-state index contributed by atoms with van der Waals surface area (Å²) in [5, 5.41) is 3.22. The SMILES string of the molecule is CCC(=O)NC(CCC(OCOC)[C@H](C)OC)CC1CCCCC1. The van der Waals surface area contributed by atoms with Crippen LogP contribution in [0.25, 0.3) is 0 Å². The standard InChI is InChI=1S/C19H37NO4/c1-5-19(21)20-17(13-16-9-7-6-8-10-16)11-12-18(15(2)23-4)24-14-22-3/h15-18H,5-14H2,1-4H3,(H,20,21)/t15-,17?,18?/m0/s1. The Kier molecular flexibility index (Phi) is 11.3. The van der Waals surface area contributed by atoms with Crippen LogP contribution in [-0.4, -0.2) is 45.2 Å². The summed E-state index contributed by atoms with van der Waals surface area (Å²) >= 11 is 0. The minimum Gasteiger partial charge on any atom is -0.379 e. The smallest absolute Gasteiger partial charge is 0.219 e. The van der Waals surface area contributed by atoms with Gasteiger partial charge in [-0.2, -0.15) is 0 Å². The molecule has 2 unspecified atom stereocenters. The van der Waals surface area contributed by atoms with Gasteiger partial charge in [0.05, 0.1) is 12.2 Å². The summed E-state index contributed by atoms with van der Waals surface area (Å²) in [5.41, 5.74) is 0. The van der Waals surface area contributed by atoms with Crippen molar-refractivity contribution in [1.82, 2.24) is 5.32 Å². The molecule has 1 aliphatic rings. The summed E-state index contributed by atoms with van der Waals surface area (Å²) in [6.45, 7) is 4.19. The lowest BCUT2D eigenvalue weighted by Crippen LogP contribution is -2.38. The first kappa shape index (κ1) is 21.4. The Labute approximate surface area is 147 Å². The van der Waals surface area contributed by atoms with Crippen molar-refractivity contribution in [2.24, 2.45) is 5.92 Å². The predicted octanol–water partition coefficient (Wildman–Crippen LogP) is 3.66. The maximum Gasteiger partial charge on any atom is 0.219 e. The van der Waals surface area contributed by atoms with E-state index in [1.807, 2.05) is 13.8 Å². The van der Waals surface area contributed by atoms with Crippen molar-refractivity contribution >= 4 is 5.91 Å². The molecule has 0 bridgehead atoms. The van der Waals surface area contributed by atoms with Gasteiger partial charge in [-0.05, 0) is 32.1 Å². The molecule has 0 radical (unpaired) electrons. The number of ether oxygens (including phenoxy) is 3. The van der Waals surface area contributed by atoms with Crippen molar-refractivity contribution in [3.05, 3.63) is 0 Å². The van der Waals surface area contributed by atoms with Gasteiger partial charge in [0.2, 0.25) is 5.91 Å². The van der Waals surface area contributed by atoms with Crippen LogP contribution in [0, 0.1) is 5.92 Å². The van der Waals surface area contributed by atoms with Crippen LogP contribution >= 0.6 is 0 Å². The van der Waals surface area contributed by atoms with Crippen LogP contribution in [0.2, 0.25) is 0 Å². The second-order valence-electron chi connectivity index (χ2n) is 6.99. The quantitative estimate of drug-likeness (QED) is 0.550. The number of nitrogens with one attached hydrogen (secondary N) is 1. The number of methoxy groups -OCH3 is 2. The molecule has 1 amide bonds. The number of hydrogen-bond acceptors (Lipinski definition) is 4. The summed E-state index contributed by atoms with van der Waals surface area (Å²) in [4.78, 5) is 11.9. The predicted molar refractivity (Wildman–Crippen MR) is 95.9 cm³/mol. The Hall–Kier alpha value is -0.650. The van der Waals surface area contributed by atoms with E-state index in [4.69, 9.17) is 14.2 Å². The minimum atomic E-state index is -0.0117. The number of carbonyl (C=O) groups excluding carboxylic acids is 1. The lowest BCUT2D eigenvalue weighted by Gasteiger charge is -2.29. The van der Waals surface area contributed by atoms with Crippen LogP contribution < -0.4 is 5.32 Å². The van der Waals surface area contributed by atoms with E-state index >= 15 is 0 Å². The topological polar surface area (TPSA) is 56.8 Å². The highest BCUT2D eigenvalue weighted by Crippen LogP contribution is 2.28. The van der Waals surface area contributed by atoms with Crippen molar-refractivity contribution in [2.75, 3.05) is 21.0 Å². The molecule has 142 valence electrons. The van der Waals surface area contributed by atoms with E-state index in [1.54, 1.807) is 14.2 Å². The summed E-state index contributed by atoms with van der Waals surface area (Å²) in [6, 6.07) is 0.234. The molecule has 0 aromatic heterocycles. The van der Waals surface area contributed by atoms with Crippen molar-refractivity contribution < 1.29 is 19.0 Å². The average Bonchev–Trinajstić information content (AvgIpc) is 2.61. The molecule has 0 saturated heterocycles. The van der Waals surface area contributed by atoms with E-state index in [-0.39, 0.29) is 30.9 Å². The summed E-state index contributed by atoms with van der Waals surface area (Å²) in [6.07, 6.45) is 10.0. The molecule has 1 N–H and O–H groups in total. The molecule has 0 heterocycles. The highest BCUT2D eigenvalue weighted by molar-refractivity contribution is 5.75. The minimum absolute atomic E-state index is 0.0114. The van der Waals surface area contributed by atoms with Gasteiger partial charge < -0.3 is 19.5 Å². The van der Waals surface area contributed by atoms with Crippen molar-refractivity contribution in [3.8, 4) is 0 Å². The van der Waals surface area contributed by atoms with Crippen LogP contribution in [0.5, 0.6) is 0 Å². The van der Waals surface area contributed by atoms with Crippen molar-refractivity contribution in [3.63, 3.8) is 0 Å². The fourth-order valence-corrected chi connectivity index (χ4v) is 3.53. The monoisotopic (exact) mass is 343 g/mol. The zero-order chi connectivity index (χ0) is 17.8. The molecule has 1 fully saturated rings. The summed E-state index contributed by atoms with van der Waals surface area (Å²) < 4.78 is 16.2. The number of carbonyl (C=O) groups is 1. The summed E-state index contributed by atoms with van der Waals surface area (Å²) in [7, 11) is 3.33. The average molecular weight is 344 g/mol. The zero-order valence-electron chi connectivity index (χ0n) is 16.0. The van der Waals surface area contributed by atoms with Gasteiger partial charge in [0.1, 0.15) is 6.79 Å². The fourth-order valence-electron chi connectivity index (χ4n) is 3.53. The molecule has 0 spiro atoms. The molecule has 24 heavy (non-hydrogen) atoms. The molecule has 1 rings (SSSR count). The van der Waals surface area contributed by atoms with Gasteiger partial charge in [0, 0.05) is 26.7 Å². The first-order valence-electron chi connectivity index (χ1n) is 9.53. The Morgan fingerprint density at radius 3 is 2.46 bits per heavy atom.